The smallest absolute Gasteiger partial charge is 0.223 e. The first kappa shape index (κ1) is 15.8. The van der Waals surface area contributed by atoms with Gasteiger partial charge in [-0.05, 0) is 24.8 Å². The first-order chi connectivity index (χ1) is 10.0. The number of pyridine rings is 1. The fraction of sp³-hybridized carbons (Fsp3) is 0.625. The standard InChI is InChI=1S/C16H25N3O2/c1-11(2)10-19-15(20)9-4-6-12(17)16(19)13-7-5-8-14(18-13)21-3/h5,7-8,11-12,16H,4,6,9-10,17H2,1-3H3. The zero-order chi connectivity index (χ0) is 15.4. The summed E-state index contributed by atoms with van der Waals surface area (Å²) < 4.78 is 5.20. The molecule has 2 unspecified atom stereocenters. The summed E-state index contributed by atoms with van der Waals surface area (Å²) in [5.41, 5.74) is 7.17. The number of hydrogen-bond donors (Lipinski definition) is 1. The molecule has 2 rings (SSSR count). The zero-order valence-electron chi connectivity index (χ0n) is 13.1. The molecule has 1 saturated heterocycles. The van der Waals surface area contributed by atoms with Crippen LogP contribution in [0.2, 0.25) is 0 Å². The van der Waals surface area contributed by atoms with Crippen LogP contribution in [0.25, 0.3) is 0 Å². The van der Waals surface area contributed by atoms with Gasteiger partial charge in [-0.25, -0.2) is 4.98 Å². The van der Waals surface area contributed by atoms with Gasteiger partial charge in [-0.2, -0.15) is 0 Å². The number of hydrogen-bond acceptors (Lipinski definition) is 4. The minimum absolute atomic E-state index is 0.0881. The second-order valence-electron chi connectivity index (χ2n) is 6.05. The van der Waals surface area contributed by atoms with Crippen molar-refractivity contribution < 1.29 is 9.53 Å². The maximum atomic E-state index is 12.4. The van der Waals surface area contributed by atoms with E-state index in [0.29, 0.717) is 24.8 Å². The van der Waals surface area contributed by atoms with Crippen molar-refractivity contribution in [3.63, 3.8) is 0 Å². The van der Waals surface area contributed by atoms with Gasteiger partial charge in [0.1, 0.15) is 0 Å². The molecule has 0 aromatic carbocycles. The summed E-state index contributed by atoms with van der Waals surface area (Å²) in [7, 11) is 1.59. The predicted octanol–water partition coefficient (Wildman–Crippen LogP) is 2.13. The van der Waals surface area contributed by atoms with E-state index in [4.69, 9.17) is 10.5 Å². The number of nitrogens with two attached hydrogens (primary N) is 1. The third-order valence-corrected chi connectivity index (χ3v) is 3.81. The summed E-state index contributed by atoms with van der Waals surface area (Å²) in [6.07, 6.45) is 2.25. The average Bonchev–Trinajstić information content (AvgIpc) is 2.58. The minimum Gasteiger partial charge on any atom is -0.481 e. The Morgan fingerprint density at radius 3 is 2.90 bits per heavy atom. The second kappa shape index (κ2) is 6.89. The monoisotopic (exact) mass is 291 g/mol. The Morgan fingerprint density at radius 2 is 2.24 bits per heavy atom. The van der Waals surface area contributed by atoms with Gasteiger partial charge in [0.05, 0.1) is 18.8 Å². The Morgan fingerprint density at radius 1 is 1.48 bits per heavy atom. The van der Waals surface area contributed by atoms with E-state index in [1.54, 1.807) is 13.2 Å². The Bertz CT molecular complexity index is 490. The number of amides is 1. The number of nitrogens with zero attached hydrogens (tertiary/aromatic N) is 2. The molecular formula is C16H25N3O2. The van der Waals surface area contributed by atoms with Crippen molar-refractivity contribution in [2.24, 2.45) is 11.7 Å². The predicted molar refractivity (Wildman–Crippen MR) is 81.9 cm³/mol. The number of ether oxygens (including phenoxy) is 1. The maximum absolute atomic E-state index is 12.4. The molecule has 5 heteroatoms. The molecule has 1 aromatic heterocycles. The summed E-state index contributed by atoms with van der Waals surface area (Å²) in [6.45, 7) is 4.93. The SMILES string of the molecule is COc1cccc(C2C(N)CCCC(=O)N2CC(C)C)n1. The highest BCUT2D eigenvalue weighted by Crippen LogP contribution is 2.30. The molecule has 0 radical (unpaired) electrons. The second-order valence-corrected chi connectivity index (χ2v) is 6.05. The fourth-order valence-electron chi connectivity index (χ4n) is 2.87. The lowest BCUT2D eigenvalue weighted by molar-refractivity contribution is -0.134. The first-order valence-electron chi connectivity index (χ1n) is 7.59. The lowest BCUT2D eigenvalue weighted by Gasteiger charge is -2.34. The topological polar surface area (TPSA) is 68.5 Å². The van der Waals surface area contributed by atoms with Crippen LogP contribution in [-0.2, 0) is 4.79 Å². The molecule has 1 aliphatic heterocycles. The van der Waals surface area contributed by atoms with Crippen LogP contribution in [0.4, 0.5) is 0 Å². The van der Waals surface area contributed by atoms with E-state index in [9.17, 15) is 4.79 Å². The van der Waals surface area contributed by atoms with Crippen LogP contribution in [-0.4, -0.2) is 35.5 Å². The van der Waals surface area contributed by atoms with E-state index in [1.165, 1.54) is 0 Å². The Labute approximate surface area is 126 Å². The van der Waals surface area contributed by atoms with Crippen LogP contribution < -0.4 is 10.5 Å². The van der Waals surface area contributed by atoms with Crippen molar-refractivity contribution in [1.82, 2.24) is 9.88 Å². The highest BCUT2D eigenvalue weighted by molar-refractivity contribution is 5.77. The number of aromatic nitrogens is 1. The zero-order valence-corrected chi connectivity index (χ0v) is 13.1. The quantitative estimate of drug-likeness (QED) is 0.922. The van der Waals surface area contributed by atoms with Gasteiger partial charge in [-0.3, -0.25) is 4.79 Å². The van der Waals surface area contributed by atoms with Gasteiger partial charge >= 0.3 is 0 Å². The van der Waals surface area contributed by atoms with Crippen molar-refractivity contribution >= 4 is 5.91 Å². The van der Waals surface area contributed by atoms with Crippen molar-refractivity contribution in [1.29, 1.82) is 0 Å². The van der Waals surface area contributed by atoms with Crippen LogP contribution in [0.5, 0.6) is 5.88 Å². The average molecular weight is 291 g/mol. The van der Waals surface area contributed by atoms with Crippen LogP contribution in [0.15, 0.2) is 18.2 Å². The summed E-state index contributed by atoms with van der Waals surface area (Å²) in [6, 6.07) is 5.38. The van der Waals surface area contributed by atoms with E-state index >= 15 is 0 Å². The third kappa shape index (κ3) is 3.73. The van der Waals surface area contributed by atoms with E-state index in [1.807, 2.05) is 17.0 Å². The summed E-state index contributed by atoms with van der Waals surface area (Å²) in [5, 5.41) is 0. The Kier molecular flexibility index (Phi) is 5.17. The number of carbonyl (C=O) groups excluding carboxylic acids is 1. The summed E-state index contributed by atoms with van der Waals surface area (Å²) in [5.74, 6) is 1.12. The number of methoxy groups -OCH3 is 1. The largest absolute Gasteiger partial charge is 0.481 e. The molecule has 0 bridgehead atoms. The Balaban J connectivity index is 2.38. The molecule has 0 aliphatic carbocycles. The van der Waals surface area contributed by atoms with Crippen molar-refractivity contribution in [3.05, 3.63) is 23.9 Å². The van der Waals surface area contributed by atoms with Gasteiger partial charge in [-0.1, -0.05) is 19.9 Å². The van der Waals surface area contributed by atoms with Crippen molar-refractivity contribution in [2.75, 3.05) is 13.7 Å². The van der Waals surface area contributed by atoms with Gasteiger partial charge < -0.3 is 15.4 Å². The molecule has 1 aromatic rings. The molecule has 2 heterocycles. The van der Waals surface area contributed by atoms with Gasteiger partial charge in [-0.15, -0.1) is 0 Å². The van der Waals surface area contributed by atoms with Crippen LogP contribution >= 0.6 is 0 Å². The highest BCUT2D eigenvalue weighted by atomic mass is 16.5. The molecule has 21 heavy (non-hydrogen) atoms. The van der Waals surface area contributed by atoms with Gasteiger partial charge in [0.15, 0.2) is 0 Å². The first-order valence-corrected chi connectivity index (χ1v) is 7.59. The van der Waals surface area contributed by atoms with Gasteiger partial charge in [0, 0.05) is 25.1 Å². The lowest BCUT2D eigenvalue weighted by atomic mass is 9.99. The molecule has 1 fully saturated rings. The van der Waals surface area contributed by atoms with E-state index in [0.717, 1.165) is 18.5 Å². The lowest BCUT2D eigenvalue weighted by Crippen LogP contribution is -2.44. The third-order valence-electron chi connectivity index (χ3n) is 3.81. The van der Waals surface area contributed by atoms with Crippen LogP contribution in [0, 0.1) is 5.92 Å². The number of rotatable bonds is 4. The van der Waals surface area contributed by atoms with Gasteiger partial charge in [0.2, 0.25) is 11.8 Å². The maximum Gasteiger partial charge on any atom is 0.223 e. The minimum atomic E-state index is -0.169. The Hall–Kier alpha value is -1.62. The highest BCUT2D eigenvalue weighted by Gasteiger charge is 2.34. The molecule has 1 aliphatic rings. The normalized spacial score (nSPS) is 23.3. The van der Waals surface area contributed by atoms with E-state index in [2.05, 4.69) is 18.8 Å². The van der Waals surface area contributed by atoms with E-state index < -0.39 is 0 Å². The molecule has 0 saturated carbocycles. The molecule has 2 N–H and O–H groups in total. The molecule has 1 amide bonds. The summed E-state index contributed by atoms with van der Waals surface area (Å²) >= 11 is 0. The molecule has 2 atom stereocenters. The number of carbonyl (C=O) groups is 1. The van der Waals surface area contributed by atoms with Crippen LogP contribution in [0.1, 0.15) is 44.8 Å². The van der Waals surface area contributed by atoms with Crippen molar-refractivity contribution in [3.8, 4) is 5.88 Å². The van der Waals surface area contributed by atoms with Gasteiger partial charge in [0.25, 0.3) is 0 Å². The molecule has 5 nitrogen and oxygen atoms in total. The molecular weight excluding hydrogens is 266 g/mol. The summed E-state index contributed by atoms with van der Waals surface area (Å²) in [4.78, 5) is 18.9. The number of likely N-dealkylation sites (tertiary alicyclic amines) is 1. The van der Waals surface area contributed by atoms with E-state index in [-0.39, 0.29) is 18.0 Å². The fourth-order valence-corrected chi connectivity index (χ4v) is 2.87. The molecule has 0 spiro atoms. The molecule has 116 valence electrons. The van der Waals surface area contributed by atoms with Crippen molar-refractivity contribution in [2.45, 2.75) is 45.2 Å². The van der Waals surface area contributed by atoms with Crippen LogP contribution in [0.3, 0.4) is 0 Å².